The third kappa shape index (κ3) is 4.63. The summed E-state index contributed by atoms with van der Waals surface area (Å²) in [6.45, 7) is 2.60. The molecule has 5 rings (SSSR count). The van der Waals surface area contributed by atoms with E-state index in [1.807, 2.05) is 49.4 Å². The number of nitrogens with zero attached hydrogens (tertiary/aromatic N) is 2. The van der Waals surface area contributed by atoms with E-state index in [0.717, 1.165) is 47.0 Å². The van der Waals surface area contributed by atoms with Gasteiger partial charge in [-0.3, -0.25) is 14.2 Å². The number of thioether (sulfide) groups is 1. The van der Waals surface area contributed by atoms with Crippen molar-refractivity contribution in [1.82, 2.24) is 14.9 Å². The zero-order valence-electron chi connectivity index (χ0n) is 18.4. The molecule has 1 atom stereocenters. The summed E-state index contributed by atoms with van der Waals surface area (Å²) in [5, 5.41) is 3.87. The number of hydrogen-bond acceptors (Lipinski definition) is 6. The van der Waals surface area contributed by atoms with E-state index in [2.05, 4.69) is 5.32 Å². The standard InChI is InChI=1S/C25H25N3O3S2/c1-16(22(29)26-14-17-8-3-2-4-9-17)32-25-27-23-21(19-11-5-6-12-20(19)33-23)24(30)28(25)15-18-10-7-13-31-18/h2-4,7-10,13,16H,5-6,11-12,14-15H2,1H3,(H,26,29). The molecule has 4 aromatic rings. The zero-order valence-corrected chi connectivity index (χ0v) is 20.0. The molecule has 0 aliphatic heterocycles. The number of carbonyl (C=O) groups is 1. The monoisotopic (exact) mass is 479 g/mol. The molecule has 3 aromatic heterocycles. The van der Waals surface area contributed by atoms with Crippen molar-refractivity contribution in [2.24, 2.45) is 0 Å². The van der Waals surface area contributed by atoms with Crippen LogP contribution < -0.4 is 10.9 Å². The lowest BCUT2D eigenvalue weighted by Crippen LogP contribution is -2.31. The highest BCUT2D eigenvalue weighted by molar-refractivity contribution is 8.00. The predicted octanol–water partition coefficient (Wildman–Crippen LogP) is 4.78. The average molecular weight is 480 g/mol. The molecule has 1 N–H and O–H groups in total. The third-order valence-electron chi connectivity index (χ3n) is 5.89. The first kappa shape index (κ1) is 22.0. The van der Waals surface area contributed by atoms with Crippen molar-refractivity contribution < 1.29 is 9.21 Å². The molecule has 0 spiro atoms. The van der Waals surface area contributed by atoms with Crippen LogP contribution in [-0.2, 0) is 30.7 Å². The van der Waals surface area contributed by atoms with Crippen molar-refractivity contribution >= 4 is 39.2 Å². The number of thiophene rings is 1. The maximum absolute atomic E-state index is 13.6. The van der Waals surface area contributed by atoms with Crippen LogP contribution >= 0.6 is 23.1 Å². The van der Waals surface area contributed by atoms with E-state index in [4.69, 9.17) is 9.40 Å². The highest BCUT2D eigenvalue weighted by Crippen LogP contribution is 2.35. The molecular weight excluding hydrogens is 454 g/mol. The van der Waals surface area contributed by atoms with Crippen LogP contribution in [0.5, 0.6) is 0 Å². The minimum absolute atomic E-state index is 0.0461. The summed E-state index contributed by atoms with van der Waals surface area (Å²) in [6, 6.07) is 13.5. The lowest BCUT2D eigenvalue weighted by molar-refractivity contribution is -0.120. The maximum atomic E-state index is 13.6. The fourth-order valence-electron chi connectivity index (χ4n) is 4.15. The number of nitrogens with one attached hydrogen (secondary N) is 1. The van der Waals surface area contributed by atoms with E-state index in [1.54, 1.807) is 22.2 Å². The number of carbonyl (C=O) groups excluding carboxylic acids is 1. The Morgan fingerprint density at radius 3 is 2.82 bits per heavy atom. The molecule has 33 heavy (non-hydrogen) atoms. The van der Waals surface area contributed by atoms with Crippen molar-refractivity contribution in [3.8, 4) is 0 Å². The van der Waals surface area contributed by atoms with Gasteiger partial charge in [-0.1, -0.05) is 42.1 Å². The van der Waals surface area contributed by atoms with Crippen LogP contribution in [0.1, 0.15) is 41.5 Å². The molecule has 170 valence electrons. The SMILES string of the molecule is CC(Sc1nc2sc3c(c2c(=O)n1Cc1ccco1)CCCC3)C(=O)NCc1ccccc1. The van der Waals surface area contributed by atoms with E-state index in [-0.39, 0.29) is 11.5 Å². The molecule has 0 saturated heterocycles. The van der Waals surface area contributed by atoms with E-state index in [0.29, 0.717) is 24.0 Å². The van der Waals surface area contributed by atoms with Crippen LogP contribution in [0.25, 0.3) is 10.2 Å². The highest BCUT2D eigenvalue weighted by Gasteiger charge is 2.24. The van der Waals surface area contributed by atoms with E-state index in [1.165, 1.54) is 16.6 Å². The number of fused-ring (bicyclic) bond motifs is 3. The second kappa shape index (κ2) is 9.57. The van der Waals surface area contributed by atoms with Crippen LogP contribution in [0.15, 0.2) is 63.1 Å². The van der Waals surface area contributed by atoms with Crippen LogP contribution in [-0.4, -0.2) is 20.7 Å². The quantitative estimate of drug-likeness (QED) is 0.305. The molecule has 0 fully saturated rings. The van der Waals surface area contributed by atoms with Crippen molar-refractivity contribution in [1.29, 1.82) is 0 Å². The minimum Gasteiger partial charge on any atom is -0.467 e. The third-order valence-corrected chi connectivity index (χ3v) is 8.17. The summed E-state index contributed by atoms with van der Waals surface area (Å²) in [5.74, 6) is 0.596. The predicted molar refractivity (Wildman–Crippen MR) is 132 cm³/mol. The summed E-state index contributed by atoms with van der Waals surface area (Å²) in [5.41, 5.74) is 2.16. The number of rotatable bonds is 7. The van der Waals surface area contributed by atoms with Crippen molar-refractivity contribution in [2.75, 3.05) is 0 Å². The Hall–Kier alpha value is -2.84. The van der Waals surface area contributed by atoms with Gasteiger partial charge < -0.3 is 9.73 Å². The Morgan fingerprint density at radius 1 is 1.21 bits per heavy atom. The number of benzene rings is 1. The number of amides is 1. The Kier molecular flexibility index (Phi) is 6.37. The van der Waals surface area contributed by atoms with E-state index in [9.17, 15) is 9.59 Å². The van der Waals surface area contributed by atoms with Crippen LogP contribution in [0.2, 0.25) is 0 Å². The van der Waals surface area contributed by atoms with Crippen LogP contribution in [0.3, 0.4) is 0 Å². The Bertz CT molecular complexity index is 1330. The maximum Gasteiger partial charge on any atom is 0.263 e. The fraction of sp³-hybridized carbons (Fsp3) is 0.320. The van der Waals surface area contributed by atoms with Gasteiger partial charge in [-0.05, 0) is 55.9 Å². The van der Waals surface area contributed by atoms with Gasteiger partial charge in [0.2, 0.25) is 5.91 Å². The fourth-order valence-corrected chi connectivity index (χ4v) is 6.38. The Morgan fingerprint density at radius 2 is 2.03 bits per heavy atom. The van der Waals surface area contributed by atoms with Gasteiger partial charge in [-0.2, -0.15) is 0 Å². The molecule has 3 heterocycles. The van der Waals surface area contributed by atoms with E-state index >= 15 is 0 Å². The first-order valence-corrected chi connectivity index (χ1v) is 12.9. The molecule has 1 amide bonds. The largest absolute Gasteiger partial charge is 0.467 e. The lowest BCUT2D eigenvalue weighted by Gasteiger charge is -2.16. The molecule has 6 nitrogen and oxygen atoms in total. The Labute approximate surface area is 200 Å². The molecule has 0 radical (unpaired) electrons. The van der Waals surface area contributed by atoms with Gasteiger partial charge in [0, 0.05) is 11.4 Å². The van der Waals surface area contributed by atoms with Gasteiger partial charge in [0.25, 0.3) is 5.56 Å². The molecule has 8 heteroatoms. The van der Waals surface area contributed by atoms with Crippen molar-refractivity contribution in [3.63, 3.8) is 0 Å². The number of aromatic nitrogens is 2. The normalized spacial score (nSPS) is 14.2. The average Bonchev–Trinajstić information content (AvgIpc) is 3.48. The lowest BCUT2D eigenvalue weighted by atomic mass is 9.97. The topological polar surface area (TPSA) is 77.1 Å². The van der Waals surface area contributed by atoms with E-state index < -0.39 is 5.25 Å². The molecule has 1 aliphatic rings. The Balaban J connectivity index is 1.45. The van der Waals surface area contributed by atoms with Gasteiger partial charge in [0.1, 0.15) is 10.6 Å². The molecule has 1 unspecified atom stereocenters. The minimum atomic E-state index is -0.407. The molecule has 1 aliphatic carbocycles. The zero-order chi connectivity index (χ0) is 22.8. The first-order chi connectivity index (χ1) is 16.1. The van der Waals surface area contributed by atoms with Gasteiger partial charge in [0.05, 0.1) is 23.4 Å². The smallest absolute Gasteiger partial charge is 0.263 e. The molecule has 0 bridgehead atoms. The summed E-state index contributed by atoms with van der Waals surface area (Å²) >= 11 is 2.94. The van der Waals surface area contributed by atoms with Crippen LogP contribution in [0, 0.1) is 0 Å². The molecular formula is C25H25N3O3S2. The van der Waals surface area contributed by atoms with Gasteiger partial charge in [0.15, 0.2) is 5.16 Å². The summed E-state index contributed by atoms with van der Waals surface area (Å²) < 4.78 is 7.18. The number of furan rings is 1. The number of aryl methyl sites for hydroxylation is 2. The van der Waals surface area contributed by atoms with Gasteiger partial charge in [-0.25, -0.2) is 4.98 Å². The summed E-state index contributed by atoms with van der Waals surface area (Å²) in [4.78, 5) is 33.4. The second-order valence-corrected chi connectivity index (χ2v) is 10.6. The number of hydrogen-bond donors (Lipinski definition) is 1. The summed E-state index contributed by atoms with van der Waals surface area (Å²) in [7, 11) is 0. The van der Waals surface area contributed by atoms with Crippen molar-refractivity contribution in [2.45, 2.75) is 56.1 Å². The highest BCUT2D eigenvalue weighted by atomic mass is 32.2. The van der Waals surface area contributed by atoms with Crippen molar-refractivity contribution in [3.05, 3.63) is 80.8 Å². The van der Waals surface area contributed by atoms with Gasteiger partial charge >= 0.3 is 0 Å². The van der Waals surface area contributed by atoms with Gasteiger partial charge in [-0.15, -0.1) is 11.3 Å². The first-order valence-electron chi connectivity index (χ1n) is 11.2. The second-order valence-electron chi connectivity index (χ2n) is 8.22. The summed E-state index contributed by atoms with van der Waals surface area (Å²) in [6.07, 6.45) is 5.80. The van der Waals surface area contributed by atoms with Crippen LogP contribution in [0.4, 0.5) is 0 Å². The molecule has 1 aromatic carbocycles. The molecule has 0 saturated carbocycles.